The number of hydroxylamine groups is 1. The maximum atomic E-state index is 13.6. The standard InChI is InChI=1S/C27H32N4O5/c32-25(28-36)23-16-18(24-21-9-5-4-6-19(21)17-31(24)27(34)35)10-11-22(23)26(33)30-14-12-29(13-15-30)20-7-2-1-3-8-20/h1-9,18,22-24,36H,10-17H2,(H,28,32)(H,34,35)/t18?,22-,23-,24+/m0/s1. The lowest BCUT2D eigenvalue weighted by molar-refractivity contribution is -0.148. The van der Waals surface area contributed by atoms with Gasteiger partial charge in [0.15, 0.2) is 0 Å². The molecule has 1 saturated heterocycles. The summed E-state index contributed by atoms with van der Waals surface area (Å²) in [4.78, 5) is 43.9. The molecule has 1 unspecified atom stereocenters. The highest BCUT2D eigenvalue weighted by atomic mass is 16.5. The maximum absolute atomic E-state index is 13.6. The molecule has 5 rings (SSSR count). The van der Waals surface area contributed by atoms with Gasteiger partial charge in [0.25, 0.3) is 0 Å². The van der Waals surface area contributed by atoms with E-state index in [1.165, 1.54) is 4.90 Å². The molecule has 2 fully saturated rings. The Labute approximate surface area is 210 Å². The molecule has 0 radical (unpaired) electrons. The van der Waals surface area contributed by atoms with E-state index in [-0.39, 0.29) is 17.9 Å². The SMILES string of the molecule is O=C(NO)[C@H]1CC([C@@H]2c3ccccc3CN2C(=O)O)CC[C@@H]1C(=O)N1CCN(c2ccccc2)CC1. The molecule has 2 aromatic carbocycles. The fourth-order valence-corrected chi connectivity index (χ4v) is 6.33. The third kappa shape index (κ3) is 4.51. The van der Waals surface area contributed by atoms with Crippen LogP contribution in [0.15, 0.2) is 54.6 Å². The van der Waals surface area contributed by atoms with Crippen molar-refractivity contribution in [3.8, 4) is 0 Å². The van der Waals surface area contributed by atoms with E-state index >= 15 is 0 Å². The number of fused-ring (bicyclic) bond motifs is 1. The fourth-order valence-electron chi connectivity index (χ4n) is 6.33. The molecule has 2 aliphatic heterocycles. The average Bonchev–Trinajstić information content (AvgIpc) is 3.32. The average molecular weight is 493 g/mol. The van der Waals surface area contributed by atoms with Crippen molar-refractivity contribution in [2.75, 3.05) is 31.1 Å². The lowest BCUT2D eigenvalue weighted by atomic mass is 9.69. The number of hydrogen-bond acceptors (Lipinski definition) is 5. The Hall–Kier alpha value is -3.59. The fraction of sp³-hybridized carbons (Fsp3) is 0.444. The molecular formula is C27H32N4O5. The second kappa shape index (κ2) is 10.2. The molecular weight excluding hydrogens is 460 g/mol. The Morgan fingerprint density at radius 1 is 0.861 bits per heavy atom. The number of amides is 3. The number of nitrogens with one attached hydrogen (secondary N) is 1. The molecule has 36 heavy (non-hydrogen) atoms. The van der Waals surface area contributed by atoms with Crippen molar-refractivity contribution in [3.05, 3.63) is 65.7 Å². The van der Waals surface area contributed by atoms with Crippen molar-refractivity contribution in [2.24, 2.45) is 17.8 Å². The van der Waals surface area contributed by atoms with Crippen molar-refractivity contribution in [3.63, 3.8) is 0 Å². The highest BCUT2D eigenvalue weighted by Crippen LogP contribution is 2.47. The molecule has 3 amide bonds. The Bertz CT molecular complexity index is 1120. The first-order chi connectivity index (χ1) is 17.5. The summed E-state index contributed by atoms with van der Waals surface area (Å²) in [5, 5.41) is 19.3. The summed E-state index contributed by atoms with van der Waals surface area (Å²) in [6.07, 6.45) is 0.467. The third-order valence-electron chi connectivity index (χ3n) is 8.11. The highest BCUT2D eigenvalue weighted by Gasteiger charge is 2.47. The van der Waals surface area contributed by atoms with Gasteiger partial charge in [-0.05, 0) is 48.4 Å². The van der Waals surface area contributed by atoms with Crippen LogP contribution in [0.1, 0.15) is 36.4 Å². The van der Waals surface area contributed by atoms with E-state index < -0.39 is 23.8 Å². The summed E-state index contributed by atoms with van der Waals surface area (Å²) in [6, 6.07) is 17.4. The van der Waals surface area contributed by atoms with Gasteiger partial charge in [-0.3, -0.25) is 19.7 Å². The molecule has 9 heteroatoms. The predicted molar refractivity (Wildman–Crippen MR) is 132 cm³/mol. The van der Waals surface area contributed by atoms with Gasteiger partial charge in [-0.25, -0.2) is 10.3 Å². The molecule has 190 valence electrons. The van der Waals surface area contributed by atoms with Crippen molar-refractivity contribution in [1.82, 2.24) is 15.3 Å². The summed E-state index contributed by atoms with van der Waals surface area (Å²) in [6.45, 7) is 2.90. The molecule has 9 nitrogen and oxygen atoms in total. The number of para-hydroxylation sites is 1. The van der Waals surface area contributed by atoms with Crippen molar-refractivity contribution in [1.29, 1.82) is 0 Å². The summed E-state index contributed by atoms with van der Waals surface area (Å²) >= 11 is 0. The van der Waals surface area contributed by atoms with Gasteiger partial charge in [0.1, 0.15) is 0 Å². The number of hydrogen-bond donors (Lipinski definition) is 3. The van der Waals surface area contributed by atoms with Crippen LogP contribution in [0, 0.1) is 17.8 Å². The van der Waals surface area contributed by atoms with Crippen molar-refractivity contribution < 1.29 is 24.7 Å². The summed E-state index contributed by atoms with van der Waals surface area (Å²) < 4.78 is 0. The van der Waals surface area contributed by atoms with Crippen LogP contribution in [0.3, 0.4) is 0 Å². The smallest absolute Gasteiger partial charge is 0.408 e. The van der Waals surface area contributed by atoms with E-state index in [1.54, 1.807) is 5.48 Å². The second-order valence-corrected chi connectivity index (χ2v) is 9.96. The summed E-state index contributed by atoms with van der Waals surface area (Å²) in [5.74, 6) is -2.00. The zero-order valence-corrected chi connectivity index (χ0v) is 20.1. The molecule has 2 aromatic rings. The third-order valence-corrected chi connectivity index (χ3v) is 8.11. The zero-order valence-electron chi connectivity index (χ0n) is 20.1. The van der Waals surface area contributed by atoms with Gasteiger partial charge in [-0.15, -0.1) is 0 Å². The van der Waals surface area contributed by atoms with Crippen LogP contribution in [0.2, 0.25) is 0 Å². The Kier molecular flexibility index (Phi) is 6.82. The van der Waals surface area contributed by atoms with E-state index in [0.717, 1.165) is 16.8 Å². The van der Waals surface area contributed by atoms with Gasteiger partial charge < -0.3 is 14.9 Å². The van der Waals surface area contributed by atoms with E-state index in [4.69, 9.17) is 0 Å². The predicted octanol–water partition coefficient (Wildman–Crippen LogP) is 3.11. The largest absolute Gasteiger partial charge is 0.465 e. The van der Waals surface area contributed by atoms with Crippen molar-refractivity contribution >= 4 is 23.6 Å². The van der Waals surface area contributed by atoms with Crippen LogP contribution in [0.4, 0.5) is 10.5 Å². The molecule has 3 aliphatic rings. The first-order valence-corrected chi connectivity index (χ1v) is 12.6. The topological polar surface area (TPSA) is 113 Å². The lowest BCUT2D eigenvalue weighted by Crippen LogP contribution is -2.53. The van der Waals surface area contributed by atoms with Gasteiger partial charge in [-0.1, -0.05) is 42.5 Å². The van der Waals surface area contributed by atoms with Crippen molar-refractivity contribution in [2.45, 2.75) is 31.8 Å². The van der Waals surface area contributed by atoms with Crippen LogP contribution >= 0.6 is 0 Å². The van der Waals surface area contributed by atoms with E-state index in [9.17, 15) is 24.7 Å². The molecule has 1 saturated carbocycles. The van der Waals surface area contributed by atoms with Crippen LogP contribution in [-0.2, 0) is 16.1 Å². The minimum Gasteiger partial charge on any atom is -0.465 e. The maximum Gasteiger partial charge on any atom is 0.408 e. The Balaban J connectivity index is 1.30. The number of anilines is 1. The Morgan fingerprint density at radius 3 is 2.25 bits per heavy atom. The number of carbonyl (C=O) groups is 3. The zero-order chi connectivity index (χ0) is 25.2. The highest BCUT2D eigenvalue weighted by molar-refractivity contribution is 5.87. The van der Waals surface area contributed by atoms with E-state index in [1.807, 2.05) is 47.4 Å². The number of piperazine rings is 1. The number of rotatable bonds is 4. The molecule has 0 spiro atoms. The van der Waals surface area contributed by atoms with E-state index in [2.05, 4.69) is 17.0 Å². The van der Waals surface area contributed by atoms with Crippen LogP contribution < -0.4 is 10.4 Å². The number of benzene rings is 2. The second-order valence-electron chi connectivity index (χ2n) is 9.96. The number of nitrogens with zero attached hydrogens (tertiary/aromatic N) is 3. The van der Waals surface area contributed by atoms with Gasteiger partial charge in [0.05, 0.1) is 12.0 Å². The quantitative estimate of drug-likeness (QED) is 0.447. The lowest BCUT2D eigenvalue weighted by Gasteiger charge is -2.42. The van der Waals surface area contributed by atoms with Crippen LogP contribution in [-0.4, -0.2) is 64.2 Å². The molecule has 0 bridgehead atoms. The van der Waals surface area contributed by atoms with Gasteiger partial charge >= 0.3 is 6.09 Å². The molecule has 1 aliphatic carbocycles. The summed E-state index contributed by atoms with van der Waals surface area (Å²) in [5.41, 5.74) is 4.84. The van der Waals surface area contributed by atoms with Gasteiger partial charge in [0.2, 0.25) is 11.8 Å². The molecule has 0 aromatic heterocycles. The summed E-state index contributed by atoms with van der Waals surface area (Å²) in [7, 11) is 0. The van der Waals surface area contributed by atoms with E-state index in [0.29, 0.717) is 52.0 Å². The molecule has 2 heterocycles. The van der Waals surface area contributed by atoms with Crippen LogP contribution in [0.5, 0.6) is 0 Å². The molecule has 4 atom stereocenters. The number of carbonyl (C=O) groups excluding carboxylic acids is 2. The molecule has 3 N–H and O–H groups in total. The van der Waals surface area contributed by atoms with Gasteiger partial charge in [0, 0.05) is 44.3 Å². The normalized spacial score (nSPS) is 25.9. The first kappa shape index (κ1) is 24.1. The minimum atomic E-state index is -0.992. The monoisotopic (exact) mass is 492 g/mol. The number of carboxylic acid groups (broad SMARTS) is 1. The van der Waals surface area contributed by atoms with Crippen LogP contribution in [0.25, 0.3) is 0 Å². The minimum absolute atomic E-state index is 0.0586. The van der Waals surface area contributed by atoms with Gasteiger partial charge in [-0.2, -0.15) is 0 Å². The Morgan fingerprint density at radius 2 is 1.56 bits per heavy atom. The first-order valence-electron chi connectivity index (χ1n) is 12.6.